The van der Waals surface area contributed by atoms with Gasteiger partial charge in [0.15, 0.2) is 0 Å². The van der Waals surface area contributed by atoms with Crippen LogP contribution in [0.3, 0.4) is 0 Å². The summed E-state index contributed by atoms with van der Waals surface area (Å²) in [6, 6.07) is 5.92. The topological polar surface area (TPSA) is 87.7 Å². The molecule has 1 rings (SSSR count). The first kappa shape index (κ1) is 31.8. The number of thioether (sulfide) groups is 1. The molecule has 0 aliphatic carbocycles. The number of aryl methyl sites for hydroxylation is 1. The number of ether oxygens (including phenoxy) is 1. The van der Waals surface area contributed by atoms with Crippen LogP contribution in [0.2, 0.25) is 0 Å². The minimum atomic E-state index is -0.820. The number of carbonyl (C=O) groups is 3. The normalized spacial score (nSPS) is 14.1. The number of nitrogens with zero attached hydrogens (tertiary/aromatic N) is 1. The van der Waals surface area contributed by atoms with Gasteiger partial charge in [-0.25, -0.2) is 4.79 Å². The van der Waals surface area contributed by atoms with Crippen molar-refractivity contribution in [1.82, 2.24) is 15.5 Å². The Kier molecular flexibility index (Phi) is 13.4. The van der Waals surface area contributed by atoms with Gasteiger partial charge in [-0.1, -0.05) is 44.5 Å². The van der Waals surface area contributed by atoms with Gasteiger partial charge in [-0.05, 0) is 83.9 Å². The highest BCUT2D eigenvalue weighted by Crippen LogP contribution is 2.26. The van der Waals surface area contributed by atoms with Gasteiger partial charge < -0.3 is 20.3 Å². The van der Waals surface area contributed by atoms with E-state index < -0.39 is 23.8 Å². The second kappa shape index (κ2) is 15.1. The van der Waals surface area contributed by atoms with Crippen LogP contribution in [0.25, 0.3) is 0 Å². The summed E-state index contributed by atoms with van der Waals surface area (Å²) in [4.78, 5) is 41.9. The molecule has 0 fully saturated rings. The largest absolute Gasteiger partial charge is 0.444 e. The average Bonchev–Trinajstić information content (AvgIpc) is 2.78. The second-order valence-electron chi connectivity index (χ2n) is 10.5. The third kappa shape index (κ3) is 10.4. The van der Waals surface area contributed by atoms with Crippen molar-refractivity contribution in [3.8, 4) is 0 Å². The van der Waals surface area contributed by atoms with Gasteiger partial charge in [-0.15, -0.1) is 0 Å². The summed E-state index contributed by atoms with van der Waals surface area (Å²) in [5, 5.41) is 5.87. The number of amides is 3. The van der Waals surface area contributed by atoms with Crippen molar-refractivity contribution in [2.75, 3.05) is 12.0 Å². The quantitative estimate of drug-likeness (QED) is 0.359. The Morgan fingerprint density at radius 2 is 1.61 bits per heavy atom. The van der Waals surface area contributed by atoms with Gasteiger partial charge >= 0.3 is 6.09 Å². The van der Waals surface area contributed by atoms with Crippen LogP contribution in [-0.4, -0.2) is 58.5 Å². The Labute approximate surface area is 222 Å². The molecule has 7 nitrogen and oxygen atoms in total. The monoisotopic (exact) mass is 521 g/mol. The van der Waals surface area contributed by atoms with Gasteiger partial charge in [0.1, 0.15) is 17.7 Å². The summed E-state index contributed by atoms with van der Waals surface area (Å²) < 4.78 is 5.43. The van der Waals surface area contributed by atoms with Crippen molar-refractivity contribution in [3.05, 3.63) is 35.4 Å². The number of hydrogen-bond donors (Lipinski definition) is 2. The number of carbonyl (C=O) groups excluding carboxylic acids is 3. The number of benzene rings is 1. The Hall–Kier alpha value is -2.22. The molecule has 0 bridgehead atoms. The first-order valence-corrected chi connectivity index (χ1v) is 14.4. The molecule has 0 saturated heterocycles. The van der Waals surface area contributed by atoms with E-state index in [1.807, 2.05) is 51.3 Å². The zero-order valence-electron chi connectivity index (χ0n) is 23.6. The molecule has 1 aromatic rings. The Morgan fingerprint density at radius 3 is 2.08 bits per heavy atom. The van der Waals surface area contributed by atoms with Gasteiger partial charge in [0.2, 0.25) is 11.8 Å². The van der Waals surface area contributed by atoms with Crippen LogP contribution in [0.5, 0.6) is 0 Å². The van der Waals surface area contributed by atoms with E-state index in [-0.39, 0.29) is 23.9 Å². The minimum Gasteiger partial charge on any atom is -0.444 e. The van der Waals surface area contributed by atoms with Crippen LogP contribution in [0, 0.1) is 0 Å². The Balaban J connectivity index is 3.43. The lowest BCUT2D eigenvalue weighted by molar-refractivity contribution is -0.144. The van der Waals surface area contributed by atoms with Crippen LogP contribution in [0.4, 0.5) is 4.79 Å². The zero-order valence-corrected chi connectivity index (χ0v) is 24.5. The van der Waals surface area contributed by atoms with Crippen LogP contribution < -0.4 is 10.6 Å². The molecule has 3 atom stereocenters. The fraction of sp³-hybridized carbons (Fsp3) is 0.679. The molecule has 3 amide bonds. The third-order valence-electron chi connectivity index (χ3n) is 5.75. The molecule has 36 heavy (non-hydrogen) atoms. The van der Waals surface area contributed by atoms with Crippen molar-refractivity contribution in [2.45, 2.75) is 111 Å². The predicted octanol–water partition coefficient (Wildman–Crippen LogP) is 5.48. The molecule has 3 unspecified atom stereocenters. The van der Waals surface area contributed by atoms with Crippen LogP contribution in [0.15, 0.2) is 24.3 Å². The fourth-order valence-corrected chi connectivity index (χ4v) is 4.48. The molecule has 0 aliphatic rings. The first-order chi connectivity index (χ1) is 16.8. The predicted molar refractivity (Wildman–Crippen MR) is 149 cm³/mol. The van der Waals surface area contributed by atoms with E-state index in [0.717, 1.165) is 30.4 Å². The molecule has 0 heterocycles. The highest BCUT2D eigenvalue weighted by molar-refractivity contribution is 7.98. The smallest absolute Gasteiger partial charge is 0.408 e. The molecular formula is C28H47N3O4S. The lowest BCUT2D eigenvalue weighted by atomic mass is 9.98. The minimum absolute atomic E-state index is 0.0174. The Bertz CT molecular complexity index is 836. The first-order valence-electron chi connectivity index (χ1n) is 13.0. The molecule has 0 aliphatic heterocycles. The maximum Gasteiger partial charge on any atom is 0.408 e. The third-order valence-corrected chi connectivity index (χ3v) is 6.40. The lowest BCUT2D eigenvalue weighted by Crippen LogP contribution is -2.55. The van der Waals surface area contributed by atoms with E-state index >= 15 is 0 Å². The van der Waals surface area contributed by atoms with Gasteiger partial charge in [0.25, 0.3) is 0 Å². The number of hydrogen-bond acceptors (Lipinski definition) is 5. The average molecular weight is 522 g/mol. The van der Waals surface area contributed by atoms with Crippen LogP contribution >= 0.6 is 11.8 Å². The summed E-state index contributed by atoms with van der Waals surface area (Å²) in [6.07, 6.45) is 4.41. The maximum absolute atomic E-state index is 14.0. The van der Waals surface area contributed by atoms with Crippen molar-refractivity contribution >= 4 is 29.7 Å². The van der Waals surface area contributed by atoms with Crippen LogP contribution in [0.1, 0.15) is 91.8 Å². The van der Waals surface area contributed by atoms with E-state index in [0.29, 0.717) is 12.2 Å². The molecule has 1 aromatic carbocycles. The van der Waals surface area contributed by atoms with Crippen molar-refractivity contribution in [1.29, 1.82) is 0 Å². The number of nitrogens with one attached hydrogen (secondary N) is 2. The molecular weight excluding hydrogens is 474 g/mol. The SMILES string of the molecule is CCCC(C)NC(=O)C(c1ccc(CC)cc1)N(C(=O)C(CCSC)NC(=O)OC(C)(C)C)C(C)C. The highest BCUT2D eigenvalue weighted by Gasteiger charge is 2.37. The highest BCUT2D eigenvalue weighted by atomic mass is 32.2. The van der Waals surface area contributed by atoms with E-state index in [1.54, 1.807) is 37.4 Å². The Morgan fingerprint density at radius 1 is 1.00 bits per heavy atom. The molecule has 204 valence electrons. The van der Waals surface area contributed by atoms with Crippen molar-refractivity contribution in [2.24, 2.45) is 0 Å². The van der Waals surface area contributed by atoms with Crippen molar-refractivity contribution in [3.63, 3.8) is 0 Å². The van der Waals surface area contributed by atoms with Gasteiger partial charge in [0.05, 0.1) is 0 Å². The molecule has 0 saturated carbocycles. The van der Waals surface area contributed by atoms with Gasteiger partial charge in [0, 0.05) is 12.1 Å². The van der Waals surface area contributed by atoms with E-state index in [2.05, 4.69) is 24.5 Å². The summed E-state index contributed by atoms with van der Waals surface area (Å²) in [6.45, 7) is 15.3. The standard InChI is InChI=1S/C28H47N3O4S/c1-10-12-20(5)29-25(32)24(22-15-13-21(11-2)14-16-22)31(19(3)4)26(33)23(17-18-36-9)30-27(34)35-28(6,7)8/h13-16,19-20,23-24H,10-12,17-18H2,1-9H3,(H,29,32)(H,30,34). The van der Waals surface area contributed by atoms with Crippen molar-refractivity contribution < 1.29 is 19.1 Å². The van der Waals surface area contributed by atoms with Gasteiger partial charge in [-0.3, -0.25) is 9.59 Å². The maximum atomic E-state index is 14.0. The van der Waals surface area contributed by atoms with E-state index in [9.17, 15) is 14.4 Å². The lowest BCUT2D eigenvalue weighted by Gasteiger charge is -2.37. The summed E-state index contributed by atoms with van der Waals surface area (Å²) >= 11 is 1.59. The van der Waals surface area contributed by atoms with E-state index in [1.165, 1.54) is 0 Å². The summed E-state index contributed by atoms with van der Waals surface area (Å²) in [7, 11) is 0. The second-order valence-corrected chi connectivity index (χ2v) is 11.5. The summed E-state index contributed by atoms with van der Waals surface area (Å²) in [5.41, 5.74) is 1.22. The molecule has 2 N–H and O–H groups in total. The molecule has 0 radical (unpaired) electrons. The van der Waals surface area contributed by atoms with Crippen LogP contribution in [-0.2, 0) is 20.7 Å². The molecule has 0 spiro atoms. The molecule has 8 heteroatoms. The fourth-order valence-electron chi connectivity index (χ4n) is 4.00. The number of rotatable bonds is 13. The summed E-state index contributed by atoms with van der Waals surface area (Å²) in [5.74, 6) is 0.157. The van der Waals surface area contributed by atoms with E-state index in [4.69, 9.17) is 4.74 Å². The molecule has 0 aromatic heterocycles. The van der Waals surface area contributed by atoms with Gasteiger partial charge in [-0.2, -0.15) is 11.8 Å². The zero-order chi connectivity index (χ0) is 27.5. The number of alkyl carbamates (subject to hydrolysis) is 1.